The Morgan fingerprint density at radius 2 is 1.92 bits per heavy atom. The van der Waals surface area contributed by atoms with E-state index in [1.165, 1.54) is 6.08 Å². The van der Waals surface area contributed by atoms with Gasteiger partial charge in [0.2, 0.25) is 0 Å². The molecule has 0 saturated carbocycles. The molecule has 1 aliphatic rings. The molecule has 2 amide bonds. The number of benzene rings is 1. The quantitative estimate of drug-likeness (QED) is 0.373. The Morgan fingerprint density at radius 1 is 1.21 bits per heavy atom. The number of imide groups is 1. The van der Waals surface area contributed by atoms with E-state index in [2.05, 4.69) is 0 Å². The number of furan rings is 1. The van der Waals surface area contributed by atoms with E-state index in [1.807, 2.05) is 22.6 Å². The SMILES string of the molecule is O=C(CN1C(=O)S/C(=C\c2ccc(I)o2)C1=O)c1ccc(Cl)cc1. The zero-order valence-corrected chi connectivity index (χ0v) is 15.7. The van der Waals surface area contributed by atoms with Gasteiger partial charge in [0.15, 0.2) is 9.55 Å². The summed E-state index contributed by atoms with van der Waals surface area (Å²) in [5, 5.41) is 0.0311. The predicted molar refractivity (Wildman–Crippen MR) is 99.9 cm³/mol. The average Bonchev–Trinajstić information content (AvgIpc) is 3.06. The lowest BCUT2D eigenvalue weighted by Gasteiger charge is -2.11. The highest BCUT2D eigenvalue weighted by atomic mass is 127. The largest absolute Gasteiger partial charge is 0.451 e. The van der Waals surface area contributed by atoms with E-state index in [1.54, 1.807) is 36.4 Å². The minimum atomic E-state index is -0.501. The van der Waals surface area contributed by atoms with Gasteiger partial charge in [0.1, 0.15) is 5.76 Å². The molecule has 1 fully saturated rings. The summed E-state index contributed by atoms with van der Waals surface area (Å²) in [7, 11) is 0. The van der Waals surface area contributed by atoms with Crippen molar-refractivity contribution in [2.75, 3.05) is 6.54 Å². The van der Waals surface area contributed by atoms with Gasteiger partial charge in [0, 0.05) is 16.7 Å². The summed E-state index contributed by atoms with van der Waals surface area (Å²) in [5.74, 6) is -0.351. The van der Waals surface area contributed by atoms with Crippen molar-refractivity contribution < 1.29 is 18.8 Å². The molecule has 1 aromatic carbocycles. The van der Waals surface area contributed by atoms with Crippen molar-refractivity contribution in [2.24, 2.45) is 0 Å². The second-order valence-electron chi connectivity index (χ2n) is 4.84. The molecule has 122 valence electrons. The number of rotatable bonds is 4. The number of carbonyl (C=O) groups is 3. The van der Waals surface area contributed by atoms with Crippen LogP contribution in [0.15, 0.2) is 45.7 Å². The number of nitrogens with zero attached hydrogens (tertiary/aromatic N) is 1. The lowest BCUT2D eigenvalue weighted by molar-refractivity contribution is -0.122. The summed E-state index contributed by atoms with van der Waals surface area (Å²) >= 11 is 8.58. The lowest BCUT2D eigenvalue weighted by atomic mass is 10.1. The maximum Gasteiger partial charge on any atom is 0.293 e. The predicted octanol–water partition coefficient (Wildman–Crippen LogP) is 4.46. The number of hydrogen-bond acceptors (Lipinski definition) is 5. The Bertz CT molecular complexity index is 859. The number of amides is 2. The molecule has 0 aliphatic carbocycles. The highest BCUT2D eigenvalue weighted by Gasteiger charge is 2.36. The molecule has 5 nitrogen and oxygen atoms in total. The number of hydrogen-bond donors (Lipinski definition) is 0. The molecule has 8 heteroatoms. The first kappa shape index (κ1) is 17.2. The van der Waals surface area contributed by atoms with Gasteiger partial charge in [-0.3, -0.25) is 19.3 Å². The van der Waals surface area contributed by atoms with Gasteiger partial charge < -0.3 is 4.42 Å². The molecule has 0 bridgehead atoms. The minimum absolute atomic E-state index is 0.231. The minimum Gasteiger partial charge on any atom is -0.451 e. The zero-order chi connectivity index (χ0) is 17.3. The third kappa shape index (κ3) is 3.73. The third-order valence-electron chi connectivity index (χ3n) is 3.21. The van der Waals surface area contributed by atoms with Crippen LogP contribution in [0.4, 0.5) is 4.79 Å². The van der Waals surface area contributed by atoms with E-state index >= 15 is 0 Å². The fourth-order valence-corrected chi connectivity index (χ4v) is 3.42. The summed E-state index contributed by atoms with van der Waals surface area (Å²) < 4.78 is 6.04. The van der Waals surface area contributed by atoms with Crippen LogP contribution in [0.5, 0.6) is 0 Å². The van der Waals surface area contributed by atoms with Crippen LogP contribution < -0.4 is 0 Å². The average molecular weight is 474 g/mol. The monoisotopic (exact) mass is 473 g/mol. The normalized spacial score (nSPS) is 16.2. The van der Waals surface area contributed by atoms with Gasteiger partial charge in [-0.1, -0.05) is 11.6 Å². The van der Waals surface area contributed by atoms with E-state index in [4.69, 9.17) is 16.0 Å². The molecule has 24 heavy (non-hydrogen) atoms. The van der Waals surface area contributed by atoms with Gasteiger partial charge in [0.05, 0.1) is 11.4 Å². The number of Topliss-reactive ketones (excluding diaryl/α,β-unsaturated/α-hetero) is 1. The van der Waals surface area contributed by atoms with E-state index in [0.29, 0.717) is 20.1 Å². The molecule has 1 aliphatic heterocycles. The van der Waals surface area contributed by atoms with Crippen LogP contribution in [0.2, 0.25) is 5.02 Å². The molecule has 0 radical (unpaired) electrons. The van der Waals surface area contributed by atoms with Crippen molar-refractivity contribution in [2.45, 2.75) is 0 Å². The van der Waals surface area contributed by atoms with E-state index in [-0.39, 0.29) is 17.2 Å². The second-order valence-corrected chi connectivity index (χ2v) is 7.33. The summed E-state index contributed by atoms with van der Waals surface area (Å²) in [6.45, 7) is -0.306. The van der Waals surface area contributed by atoms with Crippen molar-refractivity contribution in [1.29, 1.82) is 0 Å². The zero-order valence-electron chi connectivity index (χ0n) is 12.0. The van der Waals surface area contributed by atoms with Gasteiger partial charge >= 0.3 is 0 Å². The Kier molecular flexibility index (Phi) is 5.12. The number of carbonyl (C=O) groups excluding carboxylic acids is 3. The molecule has 3 rings (SSSR count). The molecule has 1 saturated heterocycles. The summed E-state index contributed by atoms with van der Waals surface area (Å²) in [6, 6.07) is 9.74. The van der Waals surface area contributed by atoms with Crippen LogP contribution >= 0.6 is 46.0 Å². The molecule has 0 atom stereocenters. The third-order valence-corrected chi connectivity index (χ3v) is 4.95. The summed E-state index contributed by atoms with van der Waals surface area (Å²) in [6.07, 6.45) is 1.50. The van der Waals surface area contributed by atoms with E-state index in [9.17, 15) is 14.4 Å². The Hall–Kier alpha value is -1.58. The van der Waals surface area contributed by atoms with E-state index < -0.39 is 11.1 Å². The van der Waals surface area contributed by atoms with Crippen LogP contribution in [0.1, 0.15) is 16.1 Å². The molecule has 2 aromatic rings. The van der Waals surface area contributed by atoms with Crippen LogP contribution in [0.25, 0.3) is 6.08 Å². The number of ketones is 1. The lowest BCUT2D eigenvalue weighted by Crippen LogP contribution is -2.33. The fourth-order valence-electron chi connectivity index (χ4n) is 2.04. The van der Waals surface area contributed by atoms with Crippen LogP contribution in [0, 0.1) is 3.77 Å². The van der Waals surface area contributed by atoms with Crippen molar-refractivity contribution in [3.8, 4) is 0 Å². The first-order valence-electron chi connectivity index (χ1n) is 6.73. The molecule has 0 spiro atoms. The maximum absolute atomic E-state index is 12.3. The van der Waals surface area contributed by atoms with Crippen molar-refractivity contribution in [3.05, 3.63) is 61.4 Å². The maximum atomic E-state index is 12.3. The first-order valence-corrected chi connectivity index (χ1v) is 9.01. The van der Waals surface area contributed by atoms with Gasteiger partial charge in [-0.15, -0.1) is 0 Å². The van der Waals surface area contributed by atoms with E-state index in [0.717, 1.165) is 16.7 Å². The van der Waals surface area contributed by atoms with Crippen LogP contribution in [0.3, 0.4) is 0 Å². The Labute approximate surface area is 160 Å². The number of thioether (sulfide) groups is 1. The van der Waals surface area contributed by atoms with Crippen LogP contribution in [-0.4, -0.2) is 28.4 Å². The van der Waals surface area contributed by atoms with Crippen molar-refractivity contribution in [3.63, 3.8) is 0 Å². The van der Waals surface area contributed by atoms with Crippen molar-refractivity contribution >= 4 is 69.0 Å². The fraction of sp³-hybridized carbons (Fsp3) is 0.0625. The molecule has 2 heterocycles. The Morgan fingerprint density at radius 3 is 2.54 bits per heavy atom. The Balaban J connectivity index is 1.76. The first-order chi connectivity index (χ1) is 11.4. The molecule has 0 N–H and O–H groups in total. The van der Waals surface area contributed by atoms with Gasteiger partial charge in [-0.25, -0.2) is 0 Å². The molecule has 0 unspecified atom stereocenters. The summed E-state index contributed by atoms with van der Waals surface area (Å²) in [4.78, 5) is 37.8. The highest BCUT2D eigenvalue weighted by molar-refractivity contribution is 14.1. The van der Waals surface area contributed by atoms with Crippen molar-refractivity contribution in [1.82, 2.24) is 4.90 Å². The number of halogens is 2. The standard InChI is InChI=1S/C16H9ClINO4S/c17-10-3-1-9(2-4-10)12(20)8-19-15(21)13(24-16(19)22)7-11-5-6-14(18)23-11/h1-7H,8H2/b13-7-. The summed E-state index contributed by atoms with van der Waals surface area (Å²) in [5.41, 5.74) is 0.392. The highest BCUT2D eigenvalue weighted by Crippen LogP contribution is 2.32. The van der Waals surface area contributed by atoms with Gasteiger partial charge in [0.25, 0.3) is 11.1 Å². The van der Waals surface area contributed by atoms with Crippen LogP contribution in [-0.2, 0) is 4.79 Å². The van der Waals surface area contributed by atoms with Gasteiger partial charge in [-0.2, -0.15) is 0 Å². The second kappa shape index (κ2) is 7.12. The topological polar surface area (TPSA) is 67.6 Å². The molecular weight excluding hydrogens is 465 g/mol. The molecular formula is C16H9ClINO4S. The molecule has 1 aromatic heterocycles. The van der Waals surface area contributed by atoms with Gasteiger partial charge in [-0.05, 0) is 70.8 Å². The smallest absolute Gasteiger partial charge is 0.293 e.